The number of aromatic nitrogens is 1. The largest absolute Gasteiger partial charge is 0.468 e. The molecule has 25 heavy (non-hydrogen) atoms. The minimum Gasteiger partial charge on any atom is -0.468 e. The van der Waals surface area contributed by atoms with Crippen LogP contribution in [0.2, 0.25) is 0 Å². The number of halogens is 4. The summed E-state index contributed by atoms with van der Waals surface area (Å²) in [5.74, 6) is 0.593. The number of rotatable bonds is 9. The quantitative estimate of drug-likeness (QED) is 0.249. The third kappa shape index (κ3) is 11.8. The lowest BCUT2D eigenvalue weighted by atomic mass is 10.3. The van der Waals surface area contributed by atoms with Crippen molar-refractivity contribution < 1.29 is 22.6 Å². The molecule has 10 heteroatoms. The third-order valence-corrected chi connectivity index (χ3v) is 2.76. The molecule has 1 aromatic heterocycles. The van der Waals surface area contributed by atoms with Crippen molar-refractivity contribution in [3.8, 4) is 5.88 Å². The van der Waals surface area contributed by atoms with E-state index in [1.54, 1.807) is 13.2 Å². The first kappa shape index (κ1) is 23.7. The Labute approximate surface area is 162 Å². The normalized spacial score (nSPS) is 11.6. The number of methoxy groups -OCH3 is 1. The number of guanidine groups is 1. The highest BCUT2D eigenvalue weighted by Crippen LogP contribution is 2.17. The summed E-state index contributed by atoms with van der Waals surface area (Å²) in [4.78, 5) is 8.23. The molecule has 6 nitrogen and oxygen atoms in total. The number of hydrogen-bond acceptors (Lipinski definition) is 4. The van der Waals surface area contributed by atoms with Gasteiger partial charge < -0.3 is 20.1 Å². The Bertz CT molecular complexity index is 499. The van der Waals surface area contributed by atoms with Crippen LogP contribution < -0.4 is 15.4 Å². The fraction of sp³-hybridized carbons (Fsp3) is 0.600. The van der Waals surface area contributed by atoms with E-state index in [0.29, 0.717) is 19.1 Å². The molecule has 1 rings (SSSR count). The van der Waals surface area contributed by atoms with E-state index >= 15 is 0 Å². The molecule has 0 spiro atoms. The Kier molecular flexibility index (Phi) is 12.3. The number of hydrogen-bond donors (Lipinski definition) is 2. The Hall–Kier alpha value is -1.30. The van der Waals surface area contributed by atoms with Gasteiger partial charge in [0.25, 0.3) is 0 Å². The second-order valence-electron chi connectivity index (χ2n) is 4.88. The van der Waals surface area contributed by atoms with Crippen LogP contribution in [-0.4, -0.2) is 50.5 Å². The van der Waals surface area contributed by atoms with Gasteiger partial charge in [-0.15, -0.1) is 24.0 Å². The molecule has 0 fully saturated rings. The monoisotopic (exact) mass is 476 g/mol. The second-order valence-corrected chi connectivity index (χ2v) is 4.88. The van der Waals surface area contributed by atoms with Crippen LogP contribution in [0.4, 0.5) is 13.2 Å². The van der Waals surface area contributed by atoms with E-state index in [1.807, 2.05) is 6.92 Å². The molecule has 0 bridgehead atoms. The molecule has 0 aliphatic carbocycles. The van der Waals surface area contributed by atoms with E-state index in [2.05, 4.69) is 25.3 Å². The van der Waals surface area contributed by atoms with Crippen LogP contribution in [-0.2, 0) is 11.3 Å². The summed E-state index contributed by atoms with van der Waals surface area (Å²) in [6.45, 7) is 3.07. The van der Waals surface area contributed by atoms with Crippen molar-refractivity contribution in [3.63, 3.8) is 0 Å². The van der Waals surface area contributed by atoms with Crippen LogP contribution in [0.25, 0.3) is 0 Å². The molecule has 0 saturated carbocycles. The summed E-state index contributed by atoms with van der Waals surface area (Å²) in [7, 11) is 1.65. The second kappa shape index (κ2) is 13.0. The van der Waals surface area contributed by atoms with Crippen molar-refractivity contribution in [1.29, 1.82) is 0 Å². The van der Waals surface area contributed by atoms with E-state index < -0.39 is 12.8 Å². The van der Waals surface area contributed by atoms with Gasteiger partial charge in [0.1, 0.15) is 0 Å². The summed E-state index contributed by atoms with van der Waals surface area (Å²) >= 11 is 0. The average Bonchev–Trinajstić information content (AvgIpc) is 2.55. The van der Waals surface area contributed by atoms with Gasteiger partial charge in [-0.25, -0.2) is 9.98 Å². The van der Waals surface area contributed by atoms with Gasteiger partial charge in [-0.05, 0) is 18.9 Å². The van der Waals surface area contributed by atoms with Gasteiger partial charge in [0.2, 0.25) is 5.88 Å². The predicted octanol–water partition coefficient (Wildman–Crippen LogP) is 2.73. The van der Waals surface area contributed by atoms with Crippen molar-refractivity contribution in [3.05, 3.63) is 23.9 Å². The first-order valence-corrected chi connectivity index (χ1v) is 7.60. The minimum atomic E-state index is -4.38. The predicted molar refractivity (Wildman–Crippen MR) is 101 cm³/mol. The van der Waals surface area contributed by atoms with Gasteiger partial charge in [-0.1, -0.05) is 6.07 Å². The molecule has 0 aromatic carbocycles. The third-order valence-electron chi connectivity index (χ3n) is 2.76. The number of ether oxygens (including phenoxy) is 2. The van der Waals surface area contributed by atoms with Crippen molar-refractivity contribution >= 4 is 29.9 Å². The van der Waals surface area contributed by atoms with Crippen LogP contribution in [0, 0.1) is 0 Å². The van der Waals surface area contributed by atoms with Gasteiger partial charge in [0, 0.05) is 39.1 Å². The molecule has 0 unspecified atom stereocenters. The Morgan fingerprint density at radius 3 is 2.60 bits per heavy atom. The molecule has 0 atom stereocenters. The zero-order valence-corrected chi connectivity index (χ0v) is 16.6. The molecule has 144 valence electrons. The average molecular weight is 476 g/mol. The first-order valence-electron chi connectivity index (χ1n) is 7.60. The van der Waals surface area contributed by atoms with Crippen molar-refractivity contribution in [1.82, 2.24) is 15.6 Å². The zero-order valence-electron chi connectivity index (χ0n) is 14.2. The van der Waals surface area contributed by atoms with Crippen LogP contribution in [0.3, 0.4) is 0 Å². The SMILES string of the molecule is CCNC(=NCc1ccc(OCC(F)(F)F)nc1)NCCCOC.I. The van der Waals surface area contributed by atoms with E-state index in [4.69, 9.17) is 4.74 Å². The minimum absolute atomic E-state index is 0. The van der Waals surface area contributed by atoms with Gasteiger partial charge in [-0.3, -0.25) is 0 Å². The van der Waals surface area contributed by atoms with E-state index in [1.165, 1.54) is 12.3 Å². The highest BCUT2D eigenvalue weighted by molar-refractivity contribution is 14.0. The molecule has 1 heterocycles. The van der Waals surface area contributed by atoms with E-state index in [9.17, 15) is 13.2 Å². The maximum atomic E-state index is 12.1. The number of nitrogens with zero attached hydrogens (tertiary/aromatic N) is 2. The Morgan fingerprint density at radius 2 is 2.04 bits per heavy atom. The molecule has 0 aliphatic rings. The topological polar surface area (TPSA) is 67.8 Å². The fourth-order valence-electron chi connectivity index (χ4n) is 1.68. The number of nitrogens with one attached hydrogen (secondary N) is 2. The Morgan fingerprint density at radius 1 is 1.28 bits per heavy atom. The lowest BCUT2D eigenvalue weighted by Gasteiger charge is -2.11. The van der Waals surface area contributed by atoms with Crippen LogP contribution in [0.15, 0.2) is 23.3 Å². The molecular formula is C15H24F3IN4O2. The summed E-state index contributed by atoms with van der Waals surface area (Å²) < 4.78 is 45.7. The number of alkyl halides is 3. The number of aliphatic imine (C=N–C) groups is 1. The smallest absolute Gasteiger partial charge is 0.422 e. The lowest BCUT2D eigenvalue weighted by molar-refractivity contribution is -0.154. The van der Waals surface area contributed by atoms with Crippen LogP contribution in [0.1, 0.15) is 18.9 Å². The molecule has 0 aliphatic heterocycles. The zero-order chi connectivity index (χ0) is 17.8. The molecular weight excluding hydrogens is 452 g/mol. The van der Waals surface area contributed by atoms with Gasteiger partial charge in [0.15, 0.2) is 12.6 Å². The number of pyridine rings is 1. The van der Waals surface area contributed by atoms with Crippen molar-refractivity contribution in [2.24, 2.45) is 4.99 Å². The highest BCUT2D eigenvalue weighted by Gasteiger charge is 2.28. The molecule has 0 radical (unpaired) electrons. The van der Waals surface area contributed by atoms with Crippen LogP contribution in [0.5, 0.6) is 5.88 Å². The van der Waals surface area contributed by atoms with Crippen molar-refractivity contribution in [2.75, 3.05) is 33.4 Å². The van der Waals surface area contributed by atoms with Crippen LogP contribution >= 0.6 is 24.0 Å². The Balaban J connectivity index is 0.00000576. The molecule has 0 amide bonds. The first-order chi connectivity index (χ1) is 11.4. The standard InChI is InChI=1S/C15H23F3N4O2.HI/c1-3-19-14(20-7-4-8-23-2)22-10-12-5-6-13(21-9-12)24-11-15(16,17)18;/h5-6,9H,3-4,7-8,10-11H2,1-2H3,(H2,19,20,22);1H. The highest BCUT2D eigenvalue weighted by atomic mass is 127. The van der Waals surface area contributed by atoms with Crippen molar-refractivity contribution in [2.45, 2.75) is 26.1 Å². The van der Waals surface area contributed by atoms with E-state index in [-0.39, 0.29) is 29.9 Å². The summed E-state index contributed by atoms with van der Waals surface area (Å²) in [5.41, 5.74) is 0.767. The molecule has 2 N–H and O–H groups in total. The lowest BCUT2D eigenvalue weighted by Crippen LogP contribution is -2.38. The summed E-state index contributed by atoms with van der Waals surface area (Å²) in [6.07, 6.45) is -2.07. The maximum Gasteiger partial charge on any atom is 0.422 e. The molecule has 1 aromatic rings. The maximum absolute atomic E-state index is 12.1. The van der Waals surface area contributed by atoms with Gasteiger partial charge in [0.05, 0.1) is 6.54 Å². The van der Waals surface area contributed by atoms with Gasteiger partial charge in [-0.2, -0.15) is 13.2 Å². The summed E-state index contributed by atoms with van der Waals surface area (Å²) in [5, 5.41) is 6.27. The fourth-order valence-corrected chi connectivity index (χ4v) is 1.68. The van der Waals surface area contributed by atoms with E-state index in [0.717, 1.165) is 25.1 Å². The van der Waals surface area contributed by atoms with Gasteiger partial charge >= 0.3 is 6.18 Å². The summed E-state index contributed by atoms with van der Waals surface area (Å²) in [6, 6.07) is 3.03. The molecule has 0 saturated heterocycles.